The molecule has 1 aliphatic rings. The van der Waals surface area contributed by atoms with Gasteiger partial charge < -0.3 is 15.5 Å². The van der Waals surface area contributed by atoms with Crippen molar-refractivity contribution in [2.45, 2.75) is 6.42 Å². The SMILES string of the molecule is CNc1cc(C(=O)N2CCCNC(=O)C2)c([N+](=O)[O-])cn1. The topological polar surface area (TPSA) is 117 Å². The first-order chi connectivity index (χ1) is 10.0. The third kappa shape index (κ3) is 3.25. The van der Waals surface area contributed by atoms with E-state index in [2.05, 4.69) is 15.6 Å². The largest absolute Gasteiger partial charge is 0.373 e. The van der Waals surface area contributed by atoms with Crippen LogP contribution in [-0.4, -0.2) is 53.3 Å². The molecule has 0 aromatic carbocycles. The molecule has 1 fully saturated rings. The number of amides is 2. The average molecular weight is 293 g/mol. The zero-order valence-electron chi connectivity index (χ0n) is 11.5. The van der Waals surface area contributed by atoms with Gasteiger partial charge in [-0.2, -0.15) is 0 Å². The average Bonchev–Trinajstić information content (AvgIpc) is 2.70. The third-order valence-electron chi connectivity index (χ3n) is 3.11. The van der Waals surface area contributed by atoms with E-state index in [0.717, 1.165) is 6.20 Å². The monoisotopic (exact) mass is 293 g/mol. The molecule has 0 aliphatic carbocycles. The molecule has 2 N–H and O–H groups in total. The number of nitrogens with one attached hydrogen (secondary N) is 2. The molecule has 2 amide bonds. The second-order valence-electron chi connectivity index (χ2n) is 4.52. The Morgan fingerprint density at radius 2 is 2.33 bits per heavy atom. The molecular weight excluding hydrogens is 278 g/mol. The summed E-state index contributed by atoms with van der Waals surface area (Å²) in [6, 6.07) is 1.32. The lowest BCUT2D eigenvalue weighted by Crippen LogP contribution is -2.37. The molecule has 112 valence electrons. The molecule has 1 saturated heterocycles. The van der Waals surface area contributed by atoms with E-state index in [9.17, 15) is 19.7 Å². The van der Waals surface area contributed by atoms with E-state index in [0.29, 0.717) is 25.3 Å². The van der Waals surface area contributed by atoms with Crippen molar-refractivity contribution in [1.29, 1.82) is 0 Å². The van der Waals surface area contributed by atoms with Gasteiger partial charge in [-0.05, 0) is 6.42 Å². The van der Waals surface area contributed by atoms with Crippen molar-refractivity contribution in [3.05, 3.63) is 27.9 Å². The van der Waals surface area contributed by atoms with Gasteiger partial charge >= 0.3 is 0 Å². The Hall–Kier alpha value is -2.71. The summed E-state index contributed by atoms with van der Waals surface area (Å²) >= 11 is 0. The predicted octanol–water partition coefficient (Wildman–Crippen LogP) is -0.00640. The molecule has 1 aliphatic heterocycles. The van der Waals surface area contributed by atoms with Gasteiger partial charge in [0, 0.05) is 26.2 Å². The summed E-state index contributed by atoms with van der Waals surface area (Å²) in [5.41, 5.74) is -0.447. The van der Waals surface area contributed by atoms with Crippen molar-refractivity contribution in [2.75, 3.05) is 32.0 Å². The Balaban J connectivity index is 2.36. The highest BCUT2D eigenvalue weighted by Gasteiger charge is 2.28. The van der Waals surface area contributed by atoms with Crippen LogP contribution in [0.5, 0.6) is 0 Å². The van der Waals surface area contributed by atoms with Crippen LogP contribution >= 0.6 is 0 Å². The molecule has 2 rings (SSSR count). The molecule has 1 aromatic rings. The van der Waals surface area contributed by atoms with Gasteiger partial charge in [0.05, 0.1) is 11.5 Å². The van der Waals surface area contributed by atoms with Crippen LogP contribution < -0.4 is 10.6 Å². The zero-order chi connectivity index (χ0) is 15.4. The van der Waals surface area contributed by atoms with Gasteiger partial charge in [-0.25, -0.2) is 4.98 Å². The number of carbonyl (C=O) groups excluding carboxylic acids is 2. The number of hydrogen-bond acceptors (Lipinski definition) is 6. The molecule has 0 unspecified atom stereocenters. The lowest BCUT2D eigenvalue weighted by atomic mass is 10.2. The third-order valence-corrected chi connectivity index (χ3v) is 3.11. The van der Waals surface area contributed by atoms with Crippen molar-refractivity contribution in [3.8, 4) is 0 Å². The number of aromatic nitrogens is 1. The van der Waals surface area contributed by atoms with E-state index in [-0.39, 0.29) is 23.7 Å². The lowest BCUT2D eigenvalue weighted by Gasteiger charge is -2.19. The van der Waals surface area contributed by atoms with Gasteiger partial charge in [-0.3, -0.25) is 19.7 Å². The Bertz CT molecular complexity index is 589. The number of nitro groups is 1. The fraction of sp³-hybridized carbons (Fsp3) is 0.417. The molecule has 9 heteroatoms. The standard InChI is InChI=1S/C12H15N5O4/c1-13-10-5-8(9(6-15-10)17(20)21)12(19)16-4-2-3-14-11(18)7-16/h5-6H,2-4,7H2,1H3,(H,13,15)(H,14,18). The summed E-state index contributed by atoms with van der Waals surface area (Å²) in [4.78, 5) is 39.5. The maximum atomic E-state index is 12.5. The number of rotatable bonds is 3. The van der Waals surface area contributed by atoms with E-state index in [1.165, 1.54) is 11.0 Å². The highest BCUT2D eigenvalue weighted by molar-refractivity contribution is 6.00. The van der Waals surface area contributed by atoms with Crippen molar-refractivity contribution >= 4 is 23.3 Å². The van der Waals surface area contributed by atoms with Crippen molar-refractivity contribution in [2.24, 2.45) is 0 Å². The first-order valence-corrected chi connectivity index (χ1v) is 6.41. The first-order valence-electron chi connectivity index (χ1n) is 6.41. The normalized spacial score (nSPS) is 15.1. The van der Waals surface area contributed by atoms with Gasteiger partial charge in [0.15, 0.2) is 0 Å². The van der Waals surface area contributed by atoms with E-state index < -0.39 is 10.8 Å². The van der Waals surface area contributed by atoms with Crippen LogP contribution in [0.2, 0.25) is 0 Å². The summed E-state index contributed by atoms with van der Waals surface area (Å²) in [6.07, 6.45) is 1.65. The van der Waals surface area contributed by atoms with Crippen LogP contribution in [0.15, 0.2) is 12.3 Å². The van der Waals surface area contributed by atoms with Crippen molar-refractivity contribution in [3.63, 3.8) is 0 Å². The summed E-state index contributed by atoms with van der Waals surface area (Å²) in [5, 5.41) is 16.4. The van der Waals surface area contributed by atoms with Crippen LogP contribution in [0.4, 0.5) is 11.5 Å². The number of nitrogens with zero attached hydrogens (tertiary/aromatic N) is 3. The van der Waals surface area contributed by atoms with Gasteiger partial charge in [-0.15, -0.1) is 0 Å². The fourth-order valence-corrected chi connectivity index (χ4v) is 2.05. The van der Waals surface area contributed by atoms with Crippen molar-refractivity contribution < 1.29 is 14.5 Å². The van der Waals surface area contributed by atoms with Gasteiger partial charge in [0.1, 0.15) is 17.6 Å². The first kappa shape index (κ1) is 14.7. The van der Waals surface area contributed by atoms with Crippen molar-refractivity contribution in [1.82, 2.24) is 15.2 Å². The van der Waals surface area contributed by atoms with Crippen LogP contribution in [0.1, 0.15) is 16.8 Å². The minimum atomic E-state index is -0.655. The van der Waals surface area contributed by atoms with Gasteiger partial charge in [-0.1, -0.05) is 0 Å². The highest BCUT2D eigenvalue weighted by Crippen LogP contribution is 2.22. The smallest absolute Gasteiger partial charge is 0.300 e. The van der Waals surface area contributed by atoms with Crippen LogP contribution in [0.25, 0.3) is 0 Å². The number of hydrogen-bond donors (Lipinski definition) is 2. The van der Waals surface area contributed by atoms with Crippen LogP contribution in [-0.2, 0) is 4.79 Å². The molecule has 21 heavy (non-hydrogen) atoms. The molecule has 2 heterocycles. The molecule has 0 radical (unpaired) electrons. The van der Waals surface area contributed by atoms with E-state index in [1.807, 2.05) is 0 Å². The molecular formula is C12H15N5O4. The summed E-state index contributed by atoms with van der Waals surface area (Å²) in [6.45, 7) is 0.752. The summed E-state index contributed by atoms with van der Waals surface area (Å²) < 4.78 is 0. The number of carbonyl (C=O) groups is 2. The summed E-state index contributed by atoms with van der Waals surface area (Å²) in [7, 11) is 1.60. The lowest BCUT2D eigenvalue weighted by molar-refractivity contribution is -0.385. The van der Waals surface area contributed by atoms with E-state index in [4.69, 9.17) is 0 Å². The number of anilines is 1. The molecule has 0 spiro atoms. The van der Waals surface area contributed by atoms with Crippen LogP contribution in [0.3, 0.4) is 0 Å². The second-order valence-corrected chi connectivity index (χ2v) is 4.52. The fourth-order valence-electron chi connectivity index (χ4n) is 2.05. The zero-order valence-corrected chi connectivity index (χ0v) is 11.5. The Morgan fingerprint density at radius 3 is 3.00 bits per heavy atom. The van der Waals surface area contributed by atoms with E-state index >= 15 is 0 Å². The van der Waals surface area contributed by atoms with Gasteiger partial charge in [0.2, 0.25) is 5.91 Å². The quantitative estimate of drug-likeness (QED) is 0.598. The molecule has 0 bridgehead atoms. The highest BCUT2D eigenvalue weighted by atomic mass is 16.6. The van der Waals surface area contributed by atoms with Gasteiger partial charge in [0.25, 0.3) is 11.6 Å². The number of pyridine rings is 1. The second kappa shape index (κ2) is 6.16. The Labute approximate surface area is 120 Å². The maximum absolute atomic E-state index is 12.5. The summed E-state index contributed by atoms with van der Waals surface area (Å²) in [5.74, 6) is -0.465. The van der Waals surface area contributed by atoms with Crippen LogP contribution in [0, 0.1) is 10.1 Å². The molecule has 0 atom stereocenters. The molecule has 9 nitrogen and oxygen atoms in total. The predicted molar refractivity (Wildman–Crippen MR) is 74.0 cm³/mol. The molecule has 1 aromatic heterocycles. The minimum Gasteiger partial charge on any atom is -0.373 e. The Kier molecular flexibility index (Phi) is 4.31. The molecule has 0 saturated carbocycles. The Morgan fingerprint density at radius 1 is 1.57 bits per heavy atom. The maximum Gasteiger partial charge on any atom is 0.300 e. The minimum absolute atomic E-state index is 0.0750. The van der Waals surface area contributed by atoms with E-state index in [1.54, 1.807) is 7.05 Å².